The van der Waals surface area contributed by atoms with Gasteiger partial charge in [0.15, 0.2) is 0 Å². The van der Waals surface area contributed by atoms with Crippen LogP contribution in [0, 0.1) is 0 Å². The third kappa shape index (κ3) is 5.08. The summed E-state index contributed by atoms with van der Waals surface area (Å²) in [5, 5.41) is 6.08. The zero-order valence-corrected chi connectivity index (χ0v) is 20.3. The van der Waals surface area contributed by atoms with Gasteiger partial charge in [0.2, 0.25) is 11.8 Å². The molecule has 35 heavy (non-hydrogen) atoms. The van der Waals surface area contributed by atoms with Crippen LogP contribution in [0.4, 0.5) is 0 Å². The Balaban J connectivity index is 1.24. The lowest BCUT2D eigenvalue weighted by molar-refractivity contribution is -0.136. The first-order chi connectivity index (χ1) is 17.0. The Bertz CT molecular complexity index is 976. The van der Waals surface area contributed by atoms with Crippen molar-refractivity contribution < 1.29 is 28.6 Å². The van der Waals surface area contributed by atoms with Gasteiger partial charge in [-0.1, -0.05) is 6.42 Å². The number of nitrogens with zero attached hydrogens (tertiary/aromatic N) is 1. The highest BCUT2D eigenvalue weighted by Crippen LogP contribution is 2.32. The molecular weight excluding hydrogens is 450 g/mol. The Morgan fingerprint density at radius 1 is 1.14 bits per heavy atom. The van der Waals surface area contributed by atoms with Crippen LogP contribution in [0.2, 0.25) is 0 Å². The van der Waals surface area contributed by atoms with Gasteiger partial charge >= 0.3 is 0 Å². The topological polar surface area (TPSA) is 106 Å². The largest absolute Gasteiger partial charge is 0.489 e. The van der Waals surface area contributed by atoms with Gasteiger partial charge in [-0.3, -0.25) is 19.7 Å². The van der Waals surface area contributed by atoms with E-state index in [9.17, 15) is 14.4 Å². The number of ether oxygens (including phenoxy) is 3. The third-order valence-corrected chi connectivity index (χ3v) is 8.01. The molecule has 3 aliphatic heterocycles. The zero-order valence-electron chi connectivity index (χ0n) is 20.3. The van der Waals surface area contributed by atoms with Gasteiger partial charge in [-0.15, -0.1) is 0 Å². The fraction of sp³-hybridized carbons (Fsp3) is 0.654. The molecule has 3 fully saturated rings. The molecule has 0 bridgehead atoms. The molecule has 2 saturated heterocycles. The first kappa shape index (κ1) is 24.2. The quantitative estimate of drug-likeness (QED) is 0.569. The van der Waals surface area contributed by atoms with Crippen molar-refractivity contribution >= 4 is 17.7 Å². The lowest BCUT2D eigenvalue weighted by Crippen LogP contribution is -2.53. The maximum atomic E-state index is 13.0. The maximum Gasteiger partial charge on any atom is 0.255 e. The summed E-state index contributed by atoms with van der Waals surface area (Å²) in [6, 6.07) is 5.20. The Labute approximate surface area is 205 Å². The number of hydrogen-bond acceptors (Lipinski definition) is 7. The molecule has 1 unspecified atom stereocenters. The Morgan fingerprint density at radius 3 is 2.71 bits per heavy atom. The van der Waals surface area contributed by atoms with Crippen LogP contribution < -0.4 is 15.4 Å². The smallest absolute Gasteiger partial charge is 0.255 e. The highest BCUT2D eigenvalue weighted by atomic mass is 16.5. The molecule has 5 rings (SSSR count). The summed E-state index contributed by atoms with van der Waals surface area (Å²) >= 11 is 0. The van der Waals surface area contributed by atoms with Gasteiger partial charge in [0.05, 0.1) is 5.60 Å². The van der Waals surface area contributed by atoms with Crippen LogP contribution in [0.5, 0.6) is 5.75 Å². The lowest BCUT2D eigenvalue weighted by Gasteiger charge is -2.39. The van der Waals surface area contributed by atoms with Crippen molar-refractivity contribution in [1.29, 1.82) is 0 Å². The SMILES string of the molecule is COC1(CN[C@@H]2CCCC[C@@H]2Oc2ccc3c(c2)CN(C2CCC(=O)NC2=O)C3=O)CCOCC1. The summed E-state index contributed by atoms with van der Waals surface area (Å²) in [6.07, 6.45) is 6.73. The Hall–Kier alpha value is -2.49. The second-order valence-corrected chi connectivity index (χ2v) is 10.1. The molecule has 0 aromatic heterocycles. The van der Waals surface area contributed by atoms with Crippen LogP contribution in [0.15, 0.2) is 18.2 Å². The maximum absolute atomic E-state index is 13.0. The summed E-state index contributed by atoms with van der Waals surface area (Å²) in [7, 11) is 1.78. The second kappa shape index (κ2) is 10.2. The van der Waals surface area contributed by atoms with Crippen LogP contribution in [-0.2, 0) is 25.6 Å². The summed E-state index contributed by atoms with van der Waals surface area (Å²) < 4.78 is 17.9. The number of benzene rings is 1. The second-order valence-electron chi connectivity index (χ2n) is 10.1. The summed E-state index contributed by atoms with van der Waals surface area (Å²) in [5.74, 6) is -0.101. The van der Waals surface area contributed by atoms with E-state index in [4.69, 9.17) is 14.2 Å². The first-order valence-corrected chi connectivity index (χ1v) is 12.8. The number of fused-ring (bicyclic) bond motifs is 1. The molecular formula is C26H35N3O6. The molecule has 9 nitrogen and oxygen atoms in total. The summed E-state index contributed by atoms with van der Waals surface area (Å²) in [6.45, 7) is 2.58. The number of carbonyl (C=O) groups excluding carboxylic acids is 3. The molecule has 3 atom stereocenters. The normalized spacial score (nSPS) is 28.5. The molecule has 2 N–H and O–H groups in total. The van der Waals surface area contributed by atoms with E-state index < -0.39 is 11.9 Å². The van der Waals surface area contributed by atoms with Gasteiger partial charge in [-0.25, -0.2) is 0 Å². The minimum absolute atomic E-state index is 0.0406. The summed E-state index contributed by atoms with van der Waals surface area (Å²) in [4.78, 5) is 38.3. The number of imide groups is 1. The van der Waals surface area contributed by atoms with E-state index in [1.807, 2.05) is 12.1 Å². The predicted molar refractivity (Wildman–Crippen MR) is 127 cm³/mol. The van der Waals surface area contributed by atoms with Gasteiger partial charge < -0.3 is 24.4 Å². The number of piperidine rings is 1. The molecule has 4 aliphatic rings. The number of methoxy groups -OCH3 is 1. The van der Waals surface area contributed by atoms with E-state index in [1.54, 1.807) is 18.1 Å². The van der Waals surface area contributed by atoms with Crippen molar-refractivity contribution in [3.8, 4) is 5.75 Å². The van der Waals surface area contributed by atoms with Crippen LogP contribution in [0.3, 0.4) is 0 Å². The molecule has 190 valence electrons. The van der Waals surface area contributed by atoms with E-state index in [0.29, 0.717) is 18.5 Å². The molecule has 1 aromatic carbocycles. The Kier molecular flexibility index (Phi) is 7.09. The number of nitrogens with one attached hydrogen (secondary N) is 2. The zero-order chi connectivity index (χ0) is 24.4. The van der Waals surface area contributed by atoms with Crippen LogP contribution in [-0.4, -0.2) is 73.3 Å². The highest BCUT2D eigenvalue weighted by Gasteiger charge is 2.39. The van der Waals surface area contributed by atoms with Crippen molar-refractivity contribution in [2.75, 3.05) is 26.9 Å². The molecule has 1 aromatic rings. The van der Waals surface area contributed by atoms with Gasteiger partial charge in [-0.2, -0.15) is 0 Å². The van der Waals surface area contributed by atoms with E-state index in [1.165, 1.54) is 6.42 Å². The fourth-order valence-corrected chi connectivity index (χ4v) is 5.78. The average Bonchev–Trinajstić information content (AvgIpc) is 3.19. The third-order valence-electron chi connectivity index (χ3n) is 8.01. The van der Waals surface area contributed by atoms with Gasteiger partial charge in [0, 0.05) is 64.3 Å². The van der Waals surface area contributed by atoms with E-state index in [2.05, 4.69) is 10.6 Å². The van der Waals surface area contributed by atoms with E-state index >= 15 is 0 Å². The van der Waals surface area contributed by atoms with Crippen molar-refractivity contribution in [3.63, 3.8) is 0 Å². The van der Waals surface area contributed by atoms with Crippen LogP contribution in [0.1, 0.15) is 67.3 Å². The van der Waals surface area contributed by atoms with Crippen molar-refractivity contribution in [2.24, 2.45) is 0 Å². The lowest BCUT2D eigenvalue weighted by atomic mass is 9.89. The minimum Gasteiger partial charge on any atom is -0.489 e. The number of rotatable bonds is 7. The molecule has 0 radical (unpaired) electrons. The highest BCUT2D eigenvalue weighted by molar-refractivity contribution is 6.05. The predicted octanol–water partition coefficient (Wildman–Crippen LogP) is 1.92. The summed E-state index contributed by atoms with van der Waals surface area (Å²) in [5.41, 5.74) is 1.27. The fourth-order valence-electron chi connectivity index (χ4n) is 5.78. The van der Waals surface area contributed by atoms with Gasteiger partial charge in [0.25, 0.3) is 5.91 Å². The molecule has 1 aliphatic carbocycles. The van der Waals surface area contributed by atoms with Crippen molar-refractivity contribution in [2.45, 2.75) is 81.7 Å². The monoisotopic (exact) mass is 485 g/mol. The molecule has 3 amide bonds. The molecule has 1 saturated carbocycles. The number of hydrogen-bond donors (Lipinski definition) is 2. The average molecular weight is 486 g/mol. The molecule has 3 heterocycles. The molecule has 9 heteroatoms. The van der Waals surface area contributed by atoms with Crippen LogP contribution in [0.25, 0.3) is 0 Å². The van der Waals surface area contributed by atoms with Gasteiger partial charge in [-0.05, 0) is 49.4 Å². The number of amides is 3. The van der Waals surface area contributed by atoms with E-state index in [-0.39, 0.29) is 36.0 Å². The minimum atomic E-state index is -0.609. The molecule has 0 spiro atoms. The van der Waals surface area contributed by atoms with Gasteiger partial charge in [0.1, 0.15) is 17.9 Å². The Morgan fingerprint density at radius 2 is 1.94 bits per heavy atom. The van der Waals surface area contributed by atoms with Crippen molar-refractivity contribution in [3.05, 3.63) is 29.3 Å². The standard InChI is InChI=1S/C26H35N3O6/c1-33-26(10-12-34-13-11-26)16-27-20-4-2-3-5-22(20)35-18-6-7-19-17(14-18)15-29(25(19)32)21-8-9-23(30)28-24(21)31/h6-7,14,20-22,27H,2-5,8-13,15-16H2,1H3,(H,28,30,31)/t20-,21?,22+/m1/s1. The first-order valence-electron chi connectivity index (χ1n) is 12.8. The number of carbonyl (C=O) groups is 3. The van der Waals surface area contributed by atoms with Crippen LogP contribution >= 0.6 is 0 Å². The van der Waals surface area contributed by atoms with Crippen molar-refractivity contribution in [1.82, 2.24) is 15.5 Å². The van der Waals surface area contributed by atoms with E-state index in [0.717, 1.165) is 63.2 Å².